The number of hydrogen-bond acceptors (Lipinski definition) is 4. The molecule has 168 valence electrons. The molecular formula is C24H32N2O4S. The van der Waals surface area contributed by atoms with Gasteiger partial charge in [0.15, 0.2) is 0 Å². The normalized spacial score (nSPS) is 9.87. The van der Waals surface area contributed by atoms with E-state index in [4.69, 9.17) is 5.11 Å². The standard InChI is InChI=1S/C16H22N2O4.C8H10S/c1-2-11-18(16(22)17-12-15(20)21)14(19)10-6-9-13-7-4-3-5-8-13;1-9-7-8-5-3-2-4-6-8/h3-5,7-8H,2,6,9-12H2,1H3,(H,17,22)(H,20,21);2-6H,7H2,1H3. The number of aryl methyl sites for hydroxylation is 1. The molecule has 0 aliphatic rings. The third-order valence-electron chi connectivity index (χ3n) is 4.24. The molecule has 0 bridgehead atoms. The van der Waals surface area contributed by atoms with Gasteiger partial charge in [0.2, 0.25) is 5.91 Å². The van der Waals surface area contributed by atoms with Gasteiger partial charge in [0, 0.05) is 18.7 Å². The number of hydrogen-bond donors (Lipinski definition) is 2. The first-order valence-electron chi connectivity index (χ1n) is 10.3. The smallest absolute Gasteiger partial charge is 0.324 e. The molecule has 0 radical (unpaired) electrons. The number of urea groups is 1. The van der Waals surface area contributed by atoms with Crippen molar-refractivity contribution in [3.05, 3.63) is 71.8 Å². The average Bonchev–Trinajstić information content (AvgIpc) is 2.78. The van der Waals surface area contributed by atoms with E-state index in [0.717, 1.165) is 22.6 Å². The summed E-state index contributed by atoms with van der Waals surface area (Å²) in [5, 5.41) is 10.8. The number of amides is 3. The lowest BCUT2D eigenvalue weighted by Crippen LogP contribution is -2.45. The maximum Gasteiger partial charge on any atom is 0.324 e. The van der Waals surface area contributed by atoms with Crippen LogP contribution in [0.15, 0.2) is 60.7 Å². The number of carboxylic acids is 1. The molecule has 0 aliphatic carbocycles. The Morgan fingerprint density at radius 3 is 2.06 bits per heavy atom. The van der Waals surface area contributed by atoms with Crippen LogP contribution in [-0.4, -0.2) is 47.3 Å². The van der Waals surface area contributed by atoms with E-state index in [1.165, 1.54) is 5.56 Å². The number of aliphatic carboxylic acids is 1. The Morgan fingerprint density at radius 1 is 0.968 bits per heavy atom. The fourth-order valence-corrected chi connectivity index (χ4v) is 3.30. The van der Waals surface area contributed by atoms with Gasteiger partial charge in [-0.25, -0.2) is 4.79 Å². The molecule has 0 aromatic heterocycles. The van der Waals surface area contributed by atoms with Gasteiger partial charge in [-0.2, -0.15) is 11.8 Å². The first kappa shape index (κ1) is 26.2. The van der Waals surface area contributed by atoms with Crippen molar-refractivity contribution >= 4 is 29.7 Å². The van der Waals surface area contributed by atoms with E-state index in [2.05, 4.69) is 35.8 Å². The fraction of sp³-hybridized carbons (Fsp3) is 0.375. The number of carbonyl (C=O) groups excluding carboxylic acids is 2. The number of benzene rings is 2. The Balaban J connectivity index is 0.000000442. The molecule has 2 aromatic rings. The van der Waals surface area contributed by atoms with Crippen LogP contribution in [0.1, 0.15) is 37.3 Å². The highest BCUT2D eigenvalue weighted by molar-refractivity contribution is 7.97. The van der Waals surface area contributed by atoms with Crippen LogP contribution < -0.4 is 5.32 Å². The molecule has 0 spiro atoms. The summed E-state index contributed by atoms with van der Waals surface area (Å²) in [4.78, 5) is 35.5. The summed E-state index contributed by atoms with van der Waals surface area (Å²) in [6.07, 6.45) is 4.42. The Bertz CT molecular complexity index is 785. The highest BCUT2D eigenvalue weighted by Gasteiger charge is 2.20. The highest BCUT2D eigenvalue weighted by atomic mass is 32.2. The molecule has 0 aliphatic heterocycles. The maximum atomic E-state index is 12.1. The summed E-state index contributed by atoms with van der Waals surface area (Å²) in [7, 11) is 0. The monoisotopic (exact) mass is 444 g/mol. The molecule has 3 amide bonds. The second kappa shape index (κ2) is 16.0. The van der Waals surface area contributed by atoms with Gasteiger partial charge in [0.25, 0.3) is 0 Å². The number of thioether (sulfide) groups is 1. The molecule has 0 unspecified atom stereocenters. The van der Waals surface area contributed by atoms with E-state index in [1.54, 1.807) is 0 Å². The lowest BCUT2D eigenvalue weighted by Gasteiger charge is -2.20. The van der Waals surface area contributed by atoms with Crippen LogP contribution in [0, 0.1) is 0 Å². The van der Waals surface area contributed by atoms with Crippen LogP contribution in [0.3, 0.4) is 0 Å². The van der Waals surface area contributed by atoms with E-state index < -0.39 is 18.5 Å². The number of carboxylic acid groups (broad SMARTS) is 1. The molecule has 31 heavy (non-hydrogen) atoms. The van der Waals surface area contributed by atoms with Crippen LogP contribution >= 0.6 is 11.8 Å². The van der Waals surface area contributed by atoms with Crippen molar-refractivity contribution < 1.29 is 19.5 Å². The highest BCUT2D eigenvalue weighted by Crippen LogP contribution is 2.08. The molecule has 0 saturated heterocycles. The summed E-state index contributed by atoms with van der Waals surface area (Å²) >= 11 is 1.85. The van der Waals surface area contributed by atoms with E-state index in [0.29, 0.717) is 12.8 Å². The molecule has 0 saturated carbocycles. The number of rotatable bonds is 10. The first-order chi connectivity index (χ1) is 15.0. The quantitative estimate of drug-likeness (QED) is 0.560. The van der Waals surface area contributed by atoms with Gasteiger partial charge in [-0.1, -0.05) is 67.6 Å². The largest absolute Gasteiger partial charge is 0.480 e. The van der Waals surface area contributed by atoms with Crippen LogP contribution in [0.25, 0.3) is 0 Å². The number of carbonyl (C=O) groups is 3. The van der Waals surface area contributed by atoms with Crippen molar-refractivity contribution in [1.29, 1.82) is 0 Å². The predicted molar refractivity (Wildman–Crippen MR) is 126 cm³/mol. The van der Waals surface area contributed by atoms with Crippen molar-refractivity contribution in [3.8, 4) is 0 Å². The minimum atomic E-state index is -1.14. The average molecular weight is 445 g/mol. The number of nitrogens with zero attached hydrogens (tertiary/aromatic N) is 1. The zero-order valence-electron chi connectivity index (χ0n) is 18.3. The van der Waals surface area contributed by atoms with E-state index in [1.807, 2.05) is 55.1 Å². The SMILES string of the molecule is CCCN(C(=O)CCCc1ccccc1)C(=O)NCC(=O)O.CSCc1ccccc1. The summed E-state index contributed by atoms with van der Waals surface area (Å²) < 4.78 is 0. The molecular weight excluding hydrogens is 412 g/mol. The molecule has 7 heteroatoms. The predicted octanol–water partition coefficient (Wildman–Crippen LogP) is 4.59. The van der Waals surface area contributed by atoms with Crippen molar-refractivity contribution in [2.45, 2.75) is 38.4 Å². The fourth-order valence-electron chi connectivity index (χ4n) is 2.77. The summed E-state index contributed by atoms with van der Waals surface area (Å²) in [5.74, 6) is -0.289. The lowest BCUT2D eigenvalue weighted by molar-refractivity contribution is -0.136. The molecule has 2 N–H and O–H groups in total. The van der Waals surface area contributed by atoms with Gasteiger partial charge in [-0.3, -0.25) is 14.5 Å². The van der Waals surface area contributed by atoms with Crippen molar-refractivity contribution in [1.82, 2.24) is 10.2 Å². The second-order valence-electron chi connectivity index (χ2n) is 6.86. The number of nitrogens with one attached hydrogen (secondary N) is 1. The zero-order valence-corrected chi connectivity index (χ0v) is 19.1. The molecule has 2 rings (SSSR count). The van der Waals surface area contributed by atoms with Crippen LogP contribution in [0.4, 0.5) is 4.79 Å². The van der Waals surface area contributed by atoms with Gasteiger partial charge in [0.05, 0.1) is 0 Å². The van der Waals surface area contributed by atoms with Gasteiger partial charge in [-0.15, -0.1) is 0 Å². The van der Waals surface area contributed by atoms with Crippen molar-refractivity contribution in [2.24, 2.45) is 0 Å². The molecule has 0 heterocycles. The van der Waals surface area contributed by atoms with Gasteiger partial charge in [0.1, 0.15) is 6.54 Å². The Hall–Kier alpha value is -2.80. The van der Waals surface area contributed by atoms with Crippen LogP contribution in [0.5, 0.6) is 0 Å². The van der Waals surface area contributed by atoms with Gasteiger partial charge in [-0.05, 0) is 36.6 Å². The van der Waals surface area contributed by atoms with Crippen LogP contribution in [0.2, 0.25) is 0 Å². The Labute approximate surface area is 189 Å². The maximum absolute atomic E-state index is 12.1. The minimum absolute atomic E-state index is 0.259. The topological polar surface area (TPSA) is 86.7 Å². The molecule has 0 atom stereocenters. The summed E-state index contributed by atoms with van der Waals surface area (Å²) in [5.41, 5.74) is 2.55. The third-order valence-corrected chi connectivity index (χ3v) is 4.86. The van der Waals surface area contributed by atoms with E-state index >= 15 is 0 Å². The van der Waals surface area contributed by atoms with Gasteiger partial charge < -0.3 is 10.4 Å². The van der Waals surface area contributed by atoms with Crippen molar-refractivity contribution in [2.75, 3.05) is 19.3 Å². The second-order valence-corrected chi connectivity index (χ2v) is 7.72. The lowest BCUT2D eigenvalue weighted by atomic mass is 10.1. The number of imide groups is 1. The van der Waals surface area contributed by atoms with Crippen LogP contribution in [-0.2, 0) is 21.8 Å². The third kappa shape index (κ3) is 11.8. The molecule has 0 fully saturated rings. The van der Waals surface area contributed by atoms with E-state index in [9.17, 15) is 14.4 Å². The zero-order chi connectivity index (χ0) is 22.9. The first-order valence-corrected chi connectivity index (χ1v) is 11.7. The van der Waals surface area contributed by atoms with Gasteiger partial charge >= 0.3 is 12.0 Å². The Kier molecular flexibility index (Phi) is 13.5. The van der Waals surface area contributed by atoms with Crippen molar-refractivity contribution in [3.63, 3.8) is 0 Å². The summed E-state index contributed by atoms with van der Waals surface area (Å²) in [6, 6.07) is 19.7. The minimum Gasteiger partial charge on any atom is -0.480 e. The molecule has 2 aromatic carbocycles. The Morgan fingerprint density at radius 2 is 1.55 bits per heavy atom. The van der Waals surface area contributed by atoms with E-state index in [-0.39, 0.29) is 18.9 Å². The molecule has 6 nitrogen and oxygen atoms in total. The summed E-state index contributed by atoms with van der Waals surface area (Å²) in [6.45, 7) is 1.65.